The van der Waals surface area contributed by atoms with Crippen LogP contribution in [0.3, 0.4) is 0 Å². The van der Waals surface area contributed by atoms with E-state index in [1.54, 1.807) is 0 Å². The average molecular weight is 139 g/mol. The van der Waals surface area contributed by atoms with Gasteiger partial charge in [0.25, 0.3) is 0 Å². The summed E-state index contributed by atoms with van der Waals surface area (Å²) in [6, 6.07) is 0. The first kappa shape index (κ1) is 6.67. The number of allylic oxidation sites excluding steroid dienone is 2. The molecule has 52 valence electrons. The van der Waals surface area contributed by atoms with Gasteiger partial charge >= 0.3 is 0 Å². The molecule has 1 N–H and O–H groups in total. The van der Waals surface area contributed by atoms with Crippen molar-refractivity contribution >= 4 is 0 Å². The van der Waals surface area contributed by atoms with Crippen molar-refractivity contribution in [1.82, 2.24) is 0 Å². The Morgan fingerprint density at radius 2 is 2.60 bits per heavy atom. The number of nitrogens with zero attached hydrogens (tertiary/aromatic N) is 3. The van der Waals surface area contributed by atoms with Crippen LogP contribution in [0.25, 0.3) is 10.4 Å². The summed E-state index contributed by atoms with van der Waals surface area (Å²) in [5, 5.41) is 12.1. The number of aliphatic hydroxyl groups excluding tert-OH is 1. The zero-order valence-electron chi connectivity index (χ0n) is 5.01. The molecule has 1 heterocycles. The first-order valence-corrected chi connectivity index (χ1v) is 2.60. The van der Waals surface area contributed by atoms with E-state index in [0.29, 0.717) is 0 Å². The van der Waals surface area contributed by atoms with E-state index >= 15 is 0 Å². The van der Waals surface area contributed by atoms with Crippen LogP contribution < -0.4 is 0 Å². The Bertz CT molecular complexity index is 227. The van der Waals surface area contributed by atoms with Gasteiger partial charge in [-0.3, -0.25) is 0 Å². The molecule has 1 atom stereocenters. The normalized spacial score (nSPS) is 22.5. The highest BCUT2D eigenvalue weighted by Crippen LogP contribution is 2.10. The van der Waals surface area contributed by atoms with Gasteiger partial charge in [-0.2, -0.15) is 0 Å². The number of hydrogen-bond donors (Lipinski definition) is 1. The second-order valence-electron chi connectivity index (χ2n) is 1.60. The minimum atomic E-state index is -1.12. The lowest BCUT2D eigenvalue weighted by molar-refractivity contribution is -0.0240. The van der Waals surface area contributed by atoms with E-state index in [1.165, 1.54) is 18.4 Å². The standard InChI is InChI=1S/C5H5N3O2/c6-8-7-4-2-1-3-10-5(4)9/h1-3,5,9H. The van der Waals surface area contributed by atoms with Crippen LogP contribution in [0, 0.1) is 0 Å². The lowest BCUT2D eigenvalue weighted by atomic mass is 10.3. The van der Waals surface area contributed by atoms with Crippen molar-refractivity contribution in [3.63, 3.8) is 0 Å². The van der Waals surface area contributed by atoms with Gasteiger partial charge in [-0.05, 0) is 17.7 Å². The van der Waals surface area contributed by atoms with E-state index in [4.69, 9.17) is 10.6 Å². The fraction of sp³-hybridized carbons (Fsp3) is 0.200. The van der Waals surface area contributed by atoms with Crippen LogP contribution >= 0.6 is 0 Å². The van der Waals surface area contributed by atoms with E-state index in [2.05, 4.69) is 14.8 Å². The molecular weight excluding hydrogens is 134 g/mol. The van der Waals surface area contributed by atoms with Crippen molar-refractivity contribution in [3.05, 3.63) is 34.6 Å². The van der Waals surface area contributed by atoms with Crippen LogP contribution in [0.15, 0.2) is 29.2 Å². The SMILES string of the molecule is [N-]=[N+]=NC1=CC=COC1O. The summed E-state index contributed by atoms with van der Waals surface area (Å²) in [6.45, 7) is 0. The summed E-state index contributed by atoms with van der Waals surface area (Å²) < 4.78 is 4.58. The maximum Gasteiger partial charge on any atom is 0.225 e. The molecule has 0 aromatic rings. The molecule has 5 heteroatoms. The van der Waals surface area contributed by atoms with Crippen LogP contribution in [-0.2, 0) is 4.74 Å². The third-order valence-corrected chi connectivity index (χ3v) is 0.966. The molecule has 0 aliphatic carbocycles. The van der Waals surface area contributed by atoms with Crippen molar-refractivity contribution in [3.8, 4) is 0 Å². The summed E-state index contributed by atoms with van der Waals surface area (Å²) in [6.07, 6.45) is 3.21. The molecule has 1 unspecified atom stereocenters. The molecule has 5 nitrogen and oxygen atoms in total. The zero-order valence-corrected chi connectivity index (χ0v) is 5.01. The number of hydrogen-bond acceptors (Lipinski definition) is 3. The van der Waals surface area contributed by atoms with Gasteiger partial charge in [-0.25, -0.2) is 0 Å². The molecule has 0 fully saturated rings. The van der Waals surface area contributed by atoms with Crippen molar-refractivity contribution in [2.75, 3.05) is 0 Å². The molecule has 1 aliphatic rings. The average Bonchev–Trinajstić information content (AvgIpc) is 1.94. The monoisotopic (exact) mass is 139 g/mol. The molecule has 0 bridgehead atoms. The second kappa shape index (κ2) is 2.91. The van der Waals surface area contributed by atoms with Crippen LogP contribution in [0.5, 0.6) is 0 Å². The molecule has 1 aliphatic heterocycles. The molecule has 0 amide bonds. The van der Waals surface area contributed by atoms with Crippen molar-refractivity contribution in [1.29, 1.82) is 0 Å². The summed E-state index contributed by atoms with van der Waals surface area (Å²) in [5.74, 6) is 0. The van der Waals surface area contributed by atoms with Crippen molar-refractivity contribution in [2.45, 2.75) is 6.29 Å². The van der Waals surface area contributed by atoms with E-state index in [0.717, 1.165) is 0 Å². The Hall–Kier alpha value is -1.45. The Balaban J connectivity index is 2.80. The van der Waals surface area contributed by atoms with Crippen molar-refractivity contribution in [2.24, 2.45) is 5.11 Å². The lowest BCUT2D eigenvalue weighted by Crippen LogP contribution is -2.11. The van der Waals surface area contributed by atoms with Crippen LogP contribution in [0.4, 0.5) is 0 Å². The number of rotatable bonds is 1. The second-order valence-corrected chi connectivity index (χ2v) is 1.60. The fourth-order valence-electron chi connectivity index (χ4n) is 0.544. The highest BCUT2D eigenvalue weighted by atomic mass is 16.6. The van der Waals surface area contributed by atoms with Gasteiger partial charge in [0.1, 0.15) is 0 Å². The number of aliphatic hydroxyl groups is 1. The molecule has 0 saturated carbocycles. The maximum absolute atomic E-state index is 8.89. The minimum Gasteiger partial charge on any atom is -0.469 e. The van der Waals surface area contributed by atoms with Gasteiger partial charge in [0.15, 0.2) is 0 Å². The minimum absolute atomic E-state index is 0.171. The molecule has 1 rings (SSSR count). The van der Waals surface area contributed by atoms with Gasteiger partial charge in [0, 0.05) is 4.91 Å². The van der Waals surface area contributed by atoms with Gasteiger partial charge in [0.05, 0.1) is 12.0 Å². The highest BCUT2D eigenvalue weighted by molar-refractivity contribution is 5.15. The Morgan fingerprint density at radius 3 is 3.20 bits per heavy atom. The third kappa shape index (κ3) is 1.28. The largest absolute Gasteiger partial charge is 0.469 e. The molecule has 0 spiro atoms. The quantitative estimate of drug-likeness (QED) is 0.334. The highest BCUT2D eigenvalue weighted by Gasteiger charge is 2.09. The number of azide groups is 1. The Morgan fingerprint density at radius 1 is 1.80 bits per heavy atom. The molecule has 0 saturated heterocycles. The molecule has 0 radical (unpaired) electrons. The summed E-state index contributed by atoms with van der Waals surface area (Å²) in [7, 11) is 0. The Kier molecular flexibility index (Phi) is 1.94. The van der Waals surface area contributed by atoms with Crippen LogP contribution in [-0.4, -0.2) is 11.4 Å². The topological polar surface area (TPSA) is 78.2 Å². The van der Waals surface area contributed by atoms with E-state index in [1.807, 2.05) is 0 Å². The van der Waals surface area contributed by atoms with Gasteiger partial charge in [-0.1, -0.05) is 5.11 Å². The summed E-state index contributed by atoms with van der Waals surface area (Å²) >= 11 is 0. The van der Waals surface area contributed by atoms with Gasteiger partial charge in [0.2, 0.25) is 6.29 Å². The first-order chi connectivity index (χ1) is 4.84. The predicted molar refractivity (Wildman–Crippen MR) is 33.5 cm³/mol. The molecule has 0 aromatic carbocycles. The molecule has 10 heavy (non-hydrogen) atoms. The molecular formula is C5H5N3O2. The summed E-state index contributed by atoms with van der Waals surface area (Å²) in [5.41, 5.74) is 8.13. The Labute approximate surface area is 56.9 Å². The molecule has 0 aromatic heterocycles. The first-order valence-electron chi connectivity index (χ1n) is 2.60. The third-order valence-electron chi connectivity index (χ3n) is 0.966. The van der Waals surface area contributed by atoms with Gasteiger partial charge in [-0.15, -0.1) is 0 Å². The summed E-state index contributed by atoms with van der Waals surface area (Å²) in [4.78, 5) is 2.49. The zero-order chi connectivity index (χ0) is 7.40. The van der Waals surface area contributed by atoms with Crippen LogP contribution in [0.2, 0.25) is 0 Å². The van der Waals surface area contributed by atoms with Crippen molar-refractivity contribution < 1.29 is 9.84 Å². The number of ether oxygens (including phenoxy) is 1. The predicted octanol–water partition coefficient (Wildman–Crippen LogP) is 1.04. The van der Waals surface area contributed by atoms with E-state index in [-0.39, 0.29) is 5.70 Å². The lowest BCUT2D eigenvalue weighted by Gasteiger charge is -2.11. The van der Waals surface area contributed by atoms with E-state index in [9.17, 15) is 0 Å². The van der Waals surface area contributed by atoms with Crippen LogP contribution in [0.1, 0.15) is 0 Å². The maximum atomic E-state index is 8.89. The van der Waals surface area contributed by atoms with E-state index < -0.39 is 6.29 Å². The smallest absolute Gasteiger partial charge is 0.225 e. The van der Waals surface area contributed by atoms with Gasteiger partial charge < -0.3 is 9.84 Å². The fourth-order valence-corrected chi connectivity index (χ4v) is 0.544.